The fourth-order valence-electron chi connectivity index (χ4n) is 4.24. The molecule has 1 saturated heterocycles. The third-order valence-corrected chi connectivity index (χ3v) is 6.11. The van der Waals surface area contributed by atoms with Crippen LogP contribution in [0.5, 0.6) is 0 Å². The van der Waals surface area contributed by atoms with Crippen LogP contribution in [0, 0.1) is 11.7 Å². The first-order chi connectivity index (χ1) is 15.8. The number of Topliss-reactive ketones (excluding diaryl/α,β-unsaturated/α-hetero) is 1. The van der Waals surface area contributed by atoms with Gasteiger partial charge in [0.25, 0.3) is 5.56 Å². The second-order valence-electron chi connectivity index (χ2n) is 8.03. The molecule has 0 aliphatic carbocycles. The monoisotopic (exact) mass is 501 g/mol. The van der Waals surface area contributed by atoms with Gasteiger partial charge in [-0.05, 0) is 37.3 Å². The van der Waals surface area contributed by atoms with Gasteiger partial charge in [0, 0.05) is 24.9 Å². The van der Waals surface area contributed by atoms with Gasteiger partial charge in [0.05, 0.1) is 22.3 Å². The number of carbonyl (C=O) groups is 1. The summed E-state index contributed by atoms with van der Waals surface area (Å²) in [6.45, 7) is 4.00. The molecule has 4 aromatic rings. The first kappa shape index (κ1) is 23.7. The van der Waals surface area contributed by atoms with Gasteiger partial charge in [-0.3, -0.25) is 14.2 Å². The maximum atomic E-state index is 13.6. The molecule has 176 valence electrons. The highest BCUT2D eigenvalue weighted by molar-refractivity contribution is 7.59. The number of fused-ring (bicyclic) bond motifs is 1. The summed E-state index contributed by atoms with van der Waals surface area (Å²) in [6.07, 6.45) is 3.00. The number of nitrogen functional groups attached to an aromatic ring is 1. The van der Waals surface area contributed by atoms with E-state index in [-0.39, 0.29) is 41.7 Å². The number of halogens is 2. The minimum atomic E-state index is -0.427. The van der Waals surface area contributed by atoms with Crippen molar-refractivity contribution in [2.24, 2.45) is 5.92 Å². The molecule has 0 unspecified atom stereocenters. The molecule has 2 atom stereocenters. The quantitative estimate of drug-likeness (QED) is 0.427. The predicted molar refractivity (Wildman–Crippen MR) is 132 cm³/mol. The Morgan fingerprint density at radius 2 is 1.94 bits per heavy atom. The molecule has 34 heavy (non-hydrogen) atoms. The molecular formula is C22H21ClFN7O2S. The molecule has 1 aliphatic heterocycles. The normalized spacial score (nSPS) is 17.4. The number of rotatable bonds is 4. The fourth-order valence-corrected chi connectivity index (χ4v) is 4.46. The van der Waals surface area contributed by atoms with Crippen LogP contribution in [0.25, 0.3) is 11.2 Å². The zero-order valence-electron chi connectivity index (χ0n) is 18.2. The molecule has 0 radical (unpaired) electrons. The van der Waals surface area contributed by atoms with Crippen molar-refractivity contribution < 1.29 is 9.18 Å². The van der Waals surface area contributed by atoms with E-state index in [1.54, 1.807) is 12.3 Å². The van der Waals surface area contributed by atoms with Crippen molar-refractivity contribution in [3.05, 3.63) is 75.3 Å². The van der Waals surface area contributed by atoms with Crippen molar-refractivity contribution >= 4 is 48.2 Å². The molecule has 0 saturated carbocycles. The van der Waals surface area contributed by atoms with Crippen molar-refractivity contribution in [2.75, 3.05) is 17.2 Å². The van der Waals surface area contributed by atoms with E-state index in [4.69, 9.17) is 22.4 Å². The van der Waals surface area contributed by atoms with Crippen LogP contribution >= 0.6 is 25.1 Å². The summed E-state index contributed by atoms with van der Waals surface area (Å²) in [5, 5.41) is 4.96. The smallest absolute Gasteiger partial charge is 0.284 e. The second kappa shape index (κ2) is 8.73. The number of hydrogen-bond acceptors (Lipinski definition) is 7. The summed E-state index contributed by atoms with van der Waals surface area (Å²) in [6, 6.07) is 6.73. The first-order valence-electron chi connectivity index (χ1n) is 10.2. The van der Waals surface area contributed by atoms with Crippen LogP contribution in [0.15, 0.2) is 47.5 Å². The maximum absolute atomic E-state index is 13.6. The van der Waals surface area contributed by atoms with E-state index in [1.165, 1.54) is 46.5 Å². The molecule has 12 heteroatoms. The van der Waals surface area contributed by atoms with Crippen LogP contribution < -0.4 is 16.2 Å². The number of nitrogens with two attached hydrogens (primary N) is 1. The van der Waals surface area contributed by atoms with Crippen molar-refractivity contribution in [3.8, 4) is 5.69 Å². The summed E-state index contributed by atoms with van der Waals surface area (Å²) in [4.78, 5) is 35.9. The zero-order valence-corrected chi connectivity index (χ0v) is 20.0. The lowest BCUT2D eigenvalue weighted by molar-refractivity contribution is 0.101. The Labute approximate surface area is 205 Å². The summed E-state index contributed by atoms with van der Waals surface area (Å²) < 4.78 is 16.5. The molecule has 1 aromatic carbocycles. The minimum absolute atomic E-state index is 0. The van der Waals surface area contributed by atoms with Crippen LogP contribution in [0.2, 0.25) is 5.02 Å². The van der Waals surface area contributed by atoms with E-state index in [2.05, 4.69) is 9.97 Å². The molecule has 3 aromatic heterocycles. The lowest BCUT2D eigenvalue weighted by atomic mass is 9.88. The summed E-state index contributed by atoms with van der Waals surface area (Å²) >= 11 is 6.26. The van der Waals surface area contributed by atoms with Crippen molar-refractivity contribution in [1.82, 2.24) is 24.1 Å². The number of benzene rings is 1. The number of aromatic nitrogens is 5. The van der Waals surface area contributed by atoms with E-state index in [1.807, 2.05) is 11.8 Å². The number of hydrogen-bond donors (Lipinski definition) is 1. The molecule has 0 bridgehead atoms. The highest BCUT2D eigenvalue weighted by atomic mass is 35.5. The predicted octanol–water partition coefficient (Wildman–Crippen LogP) is 3.16. The van der Waals surface area contributed by atoms with Gasteiger partial charge in [0.1, 0.15) is 17.2 Å². The lowest BCUT2D eigenvalue weighted by Gasteiger charge is -2.47. The van der Waals surface area contributed by atoms with Gasteiger partial charge in [-0.15, -0.1) is 0 Å². The van der Waals surface area contributed by atoms with Crippen LogP contribution in [0.4, 0.5) is 16.2 Å². The molecule has 1 fully saturated rings. The largest absolute Gasteiger partial charge is 0.368 e. The van der Waals surface area contributed by atoms with Gasteiger partial charge >= 0.3 is 0 Å². The molecule has 0 amide bonds. The Hall–Kier alpha value is -3.44. The van der Waals surface area contributed by atoms with Gasteiger partial charge in [-0.1, -0.05) is 18.5 Å². The van der Waals surface area contributed by atoms with Crippen molar-refractivity contribution in [2.45, 2.75) is 19.9 Å². The molecule has 4 heterocycles. The molecule has 5 rings (SSSR count). The fraction of sp³-hybridized carbons (Fsp3) is 0.227. The SMILES string of the molecule is CC(=O)c1cnc(N)nc1N1C[C@H](C)[C@H]1c1nn2ccc(Cl)c2c(=O)n1-c1ccc(F)cc1.S. The van der Waals surface area contributed by atoms with E-state index in [9.17, 15) is 14.0 Å². The Balaban J connectivity index is 0.00000274. The third-order valence-electron chi connectivity index (χ3n) is 5.81. The lowest BCUT2D eigenvalue weighted by Crippen LogP contribution is -2.52. The highest BCUT2D eigenvalue weighted by Gasteiger charge is 2.43. The Bertz CT molecular complexity index is 1470. The van der Waals surface area contributed by atoms with Crippen LogP contribution in [-0.2, 0) is 0 Å². The number of nitrogens with zero attached hydrogens (tertiary/aromatic N) is 6. The van der Waals surface area contributed by atoms with Gasteiger partial charge in [0.15, 0.2) is 11.6 Å². The number of ketones is 1. The van der Waals surface area contributed by atoms with Crippen LogP contribution in [0.3, 0.4) is 0 Å². The Kier molecular flexibility index (Phi) is 6.09. The molecule has 9 nitrogen and oxygen atoms in total. The minimum Gasteiger partial charge on any atom is -0.368 e. The Morgan fingerprint density at radius 1 is 1.24 bits per heavy atom. The molecule has 2 N–H and O–H groups in total. The summed E-state index contributed by atoms with van der Waals surface area (Å²) in [7, 11) is 0. The van der Waals surface area contributed by atoms with E-state index in [0.717, 1.165) is 0 Å². The van der Waals surface area contributed by atoms with Crippen molar-refractivity contribution in [1.29, 1.82) is 0 Å². The molecule has 1 aliphatic rings. The number of carbonyl (C=O) groups excluding carboxylic acids is 1. The number of anilines is 2. The average molecular weight is 502 g/mol. The maximum Gasteiger partial charge on any atom is 0.284 e. The summed E-state index contributed by atoms with van der Waals surface area (Å²) in [5.41, 5.74) is 6.39. The van der Waals surface area contributed by atoms with Gasteiger partial charge in [-0.2, -0.15) is 23.6 Å². The molecule has 0 spiro atoms. The third kappa shape index (κ3) is 3.70. The molecular weight excluding hydrogens is 481 g/mol. The van der Waals surface area contributed by atoms with E-state index < -0.39 is 17.4 Å². The highest BCUT2D eigenvalue weighted by Crippen LogP contribution is 2.42. The Morgan fingerprint density at radius 3 is 2.59 bits per heavy atom. The standard InChI is InChI=1S/C22H19ClFN7O2.H2S/c1-11-10-29(19-15(12(2)32)9-26-22(25)27-19)17(11)20-28-30-8-7-16(23)18(30)21(33)31(20)14-5-3-13(24)4-6-14;/h3-9,11,17H,10H2,1-2H3,(H2,25,26,27);1H2/t11-,17-;/m0./s1. The van der Waals surface area contributed by atoms with E-state index >= 15 is 0 Å². The topological polar surface area (TPSA) is 111 Å². The summed E-state index contributed by atoms with van der Waals surface area (Å²) in [5.74, 6) is 0.234. The van der Waals surface area contributed by atoms with E-state index in [0.29, 0.717) is 29.4 Å². The van der Waals surface area contributed by atoms with Gasteiger partial charge in [-0.25, -0.2) is 13.9 Å². The second-order valence-corrected chi connectivity index (χ2v) is 8.44. The van der Waals surface area contributed by atoms with Crippen LogP contribution in [0.1, 0.15) is 36.1 Å². The van der Waals surface area contributed by atoms with Crippen LogP contribution in [-0.4, -0.2) is 36.5 Å². The first-order valence-corrected chi connectivity index (χ1v) is 10.6. The van der Waals surface area contributed by atoms with Crippen molar-refractivity contribution in [3.63, 3.8) is 0 Å². The van der Waals surface area contributed by atoms with Gasteiger partial charge in [0.2, 0.25) is 5.95 Å². The zero-order chi connectivity index (χ0) is 23.4. The average Bonchev–Trinajstić information content (AvgIpc) is 3.13. The van der Waals surface area contributed by atoms with Gasteiger partial charge < -0.3 is 10.6 Å².